The number of benzene rings is 1. The third-order valence-electron chi connectivity index (χ3n) is 5.61. The van der Waals surface area contributed by atoms with Gasteiger partial charge < -0.3 is 14.6 Å². The molecule has 4 rings (SSSR count). The molecule has 2 aliphatic rings. The number of carbonyl (C=O) groups is 1. The molecule has 3 atom stereocenters. The molecule has 0 saturated carbocycles. The van der Waals surface area contributed by atoms with E-state index in [1.54, 1.807) is 0 Å². The quantitative estimate of drug-likeness (QED) is 0.927. The van der Waals surface area contributed by atoms with Crippen molar-refractivity contribution >= 4 is 16.9 Å². The molecule has 1 aromatic carbocycles. The Balaban J connectivity index is 1.87. The Morgan fingerprint density at radius 3 is 2.95 bits per heavy atom. The van der Waals surface area contributed by atoms with Crippen LogP contribution in [0.5, 0.6) is 0 Å². The topological polar surface area (TPSA) is 45.5 Å². The first kappa shape index (κ1) is 13.8. The van der Waals surface area contributed by atoms with Gasteiger partial charge in [0.05, 0.1) is 5.92 Å². The molecule has 0 bridgehead atoms. The summed E-state index contributed by atoms with van der Waals surface area (Å²) in [7, 11) is 2.08. The molecule has 2 aromatic rings. The normalized spacial score (nSPS) is 27.8. The minimum atomic E-state index is -0.658. The number of aliphatic carboxylic acids is 1. The summed E-state index contributed by atoms with van der Waals surface area (Å²) in [6.07, 6.45) is 4.09. The molecule has 1 unspecified atom stereocenters. The van der Waals surface area contributed by atoms with E-state index >= 15 is 0 Å². The highest BCUT2D eigenvalue weighted by molar-refractivity contribution is 5.89. The first-order valence-electron chi connectivity index (χ1n) is 8.13. The fourth-order valence-corrected chi connectivity index (χ4v) is 4.56. The fraction of sp³-hybridized carbons (Fsp3) is 0.500. The zero-order chi connectivity index (χ0) is 15.4. The average molecular weight is 298 g/mol. The summed E-state index contributed by atoms with van der Waals surface area (Å²) in [6, 6.07) is 6.95. The molecule has 1 fully saturated rings. The van der Waals surface area contributed by atoms with Crippen molar-refractivity contribution in [3.8, 4) is 0 Å². The van der Waals surface area contributed by atoms with E-state index in [1.807, 2.05) is 0 Å². The number of carboxylic acids is 1. The smallest absolute Gasteiger partial charge is 0.307 e. The van der Waals surface area contributed by atoms with Gasteiger partial charge in [0.25, 0.3) is 0 Å². The van der Waals surface area contributed by atoms with Crippen molar-refractivity contribution in [2.24, 2.45) is 5.92 Å². The zero-order valence-corrected chi connectivity index (χ0v) is 13.1. The second-order valence-corrected chi connectivity index (χ2v) is 6.77. The summed E-state index contributed by atoms with van der Waals surface area (Å²) in [6.45, 7) is 3.81. The fourth-order valence-electron chi connectivity index (χ4n) is 4.56. The summed E-state index contributed by atoms with van der Waals surface area (Å²) >= 11 is 0. The van der Waals surface area contributed by atoms with Gasteiger partial charge in [-0.15, -0.1) is 0 Å². The van der Waals surface area contributed by atoms with Crippen LogP contribution in [0.1, 0.15) is 30.4 Å². The Morgan fingerprint density at radius 1 is 1.41 bits per heavy atom. The van der Waals surface area contributed by atoms with Crippen molar-refractivity contribution < 1.29 is 9.90 Å². The predicted octanol–water partition coefficient (Wildman–Crippen LogP) is 2.71. The number of nitrogens with zero attached hydrogens (tertiary/aromatic N) is 2. The molecule has 0 radical (unpaired) electrons. The number of fused-ring (bicyclic) bond motifs is 2. The van der Waals surface area contributed by atoms with Crippen LogP contribution >= 0.6 is 0 Å². The van der Waals surface area contributed by atoms with Gasteiger partial charge in [-0.25, -0.2) is 0 Å². The van der Waals surface area contributed by atoms with E-state index in [2.05, 4.69) is 47.8 Å². The average Bonchev–Trinajstić information content (AvgIpc) is 2.87. The standard InChI is InChI=1S/C18H22N2O2/c1-3-20-10-11-8-16-14(7-12(18(21)22)9-19(16)2)13-5-4-6-15(20)17(11)13/h4-6,10,12,14,16H,3,7-9H2,1-2H3,(H,21,22)/t12?,14-,16-/m1/s1. The molecule has 1 aliphatic carbocycles. The molecule has 2 heterocycles. The summed E-state index contributed by atoms with van der Waals surface area (Å²) in [5.74, 6) is -0.575. The number of hydrogen-bond donors (Lipinski definition) is 1. The number of likely N-dealkylation sites (N-methyl/N-ethyl adjacent to an activating group) is 1. The summed E-state index contributed by atoms with van der Waals surface area (Å²) in [5.41, 5.74) is 4.08. The Labute approximate surface area is 130 Å². The van der Waals surface area contributed by atoms with Gasteiger partial charge in [-0.05, 0) is 44.0 Å². The van der Waals surface area contributed by atoms with Crippen LogP contribution in [-0.2, 0) is 17.8 Å². The van der Waals surface area contributed by atoms with E-state index < -0.39 is 5.97 Å². The molecule has 0 amide bonds. The van der Waals surface area contributed by atoms with Crippen LogP contribution in [-0.4, -0.2) is 40.2 Å². The number of aryl methyl sites for hydroxylation is 1. The van der Waals surface area contributed by atoms with Crippen molar-refractivity contribution in [1.82, 2.24) is 9.47 Å². The molecular formula is C18H22N2O2. The maximum atomic E-state index is 11.5. The lowest BCUT2D eigenvalue weighted by Crippen LogP contribution is -2.49. The maximum Gasteiger partial charge on any atom is 0.307 e. The van der Waals surface area contributed by atoms with Crippen LogP contribution in [0.2, 0.25) is 0 Å². The molecule has 0 spiro atoms. The minimum absolute atomic E-state index is 0.253. The molecule has 4 nitrogen and oxygen atoms in total. The number of piperidine rings is 1. The number of aromatic nitrogens is 1. The van der Waals surface area contributed by atoms with Gasteiger partial charge in [-0.2, -0.15) is 0 Å². The predicted molar refractivity (Wildman–Crippen MR) is 86.2 cm³/mol. The lowest BCUT2D eigenvalue weighted by molar-refractivity contribution is -0.144. The van der Waals surface area contributed by atoms with E-state index in [9.17, 15) is 9.90 Å². The van der Waals surface area contributed by atoms with Crippen LogP contribution in [0.15, 0.2) is 24.4 Å². The van der Waals surface area contributed by atoms with Crippen LogP contribution in [0.3, 0.4) is 0 Å². The van der Waals surface area contributed by atoms with Crippen LogP contribution in [0.4, 0.5) is 0 Å². The molecule has 1 N–H and O–H groups in total. The Kier molecular flexibility index (Phi) is 3.05. The summed E-state index contributed by atoms with van der Waals surface area (Å²) in [4.78, 5) is 13.7. The molecular weight excluding hydrogens is 276 g/mol. The van der Waals surface area contributed by atoms with Crippen LogP contribution in [0.25, 0.3) is 10.9 Å². The molecule has 1 saturated heterocycles. The van der Waals surface area contributed by atoms with E-state index in [4.69, 9.17) is 0 Å². The van der Waals surface area contributed by atoms with Gasteiger partial charge >= 0.3 is 5.97 Å². The molecule has 4 heteroatoms. The summed E-state index contributed by atoms with van der Waals surface area (Å²) < 4.78 is 2.32. The Bertz CT molecular complexity index is 749. The van der Waals surface area contributed by atoms with Gasteiger partial charge in [0, 0.05) is 42.1 Å². The van der Waals surface area contributed by atoms with E-state index in [0.29, 0.717) is 18.5 Å². The van der Waals surface area contributed by atoms with Crippen molar-refractivity contribution in [3.63, 3.8) is 0 Å². The van der Waals surface area contributed by atoms with Crippen molar-refractivity contribution in [2.75, 3.05) is 13.6 Å². The van der Waals surface area contributed by atoms with Crippen molar-refractivity contribution in [3.05, 3.63) is 35.5 Å². The molecule has 1 aromatic heterocycles. The van der Waals surface area contributed by atoms with E-state index in [0.717, 1.165) is 19.4 Å². The van der Waals surface area contributed by atoms with Crippen LogP contribution < -0.4 is 0 Å². The lowest BCUT2D eigenvalue weighted by Gasteiger charge is -2.44. The van der Waals surface area contributed by atoms with Gasteiger partial charge in [0.1, 0.15) is 0 Å². The van der Waals surface area contributed by atoms with Gasteiger partial charge in [-0.3, -0.25) is 4.79 Å². The Morgan fingerprint density at radius 2 is 2.23 bits per heavy atom. The highest BCUT2D eigenvalue weighted by Crippen LogP contribution is 2.44. The number of hydrogen-bond acceptors (Lipinski definition) is 2. The second kappa shape index (κ2) is 4.85. The van der Waals surface area contributed by atoms with E-state index in [-0.39, 0.29) is 5.92 Å². The molecule has 116 valence electrons. The third-order valence-corrected chi connectivity index (χ3v) is 5.61. The monoisotopic (exact) mass is 298 g/mol. The SMILES string of the molecule is CCn1cc2c3c(cccc31)[C@H]1CC(C(=O)O)CN(C)[C@@H]1C2. The van der Waals surface area contributed by atoms with E-state index in [1.165, 1.54) is 22.0 Å². The van der Waals surface area contributed by atoms with Gasteiger partial charge in [0.2, 0.25) is 0 Å². The first-order chi connectivity index (χ1) is 10.6. The van der Waals surface area contributed by atoms with Gasteiger partial charge in [-0.1, -0.05) is 12.1 Å². The Hall–Kier alpha value is -1.81. The third kappa shape index (κ3) is 1.83. The van der Waals surface area contributed by atoms with Gasteiger partial charge in [0.15, 0.2) is 0 Å². The number of likely N-dealkylation sites (tertiary alicyclic amines) is 1. The van der Waals surface area contributed by atoms with Crippen molar-refractivity contribution in [2.45, 2.75) is 38.3 Å². The second-order valence-electron chi connectivity index (χ2n) is 6.77. The highest BCUT2D eigenvalue weighted by Gasteiger charge is 2.41. The van der Waals surface area contributed by atoms with Crippen LogP contribution in [0, 0.1) is 5.92 Å². The highest BCUT2D eigenvalue weighted by atomic mass is 16.4. The largest absolute Gasteiger partial charge is 0.481 e. The molecule has 22 heavy (non-hydrogen) atoms. The lowest BCUT2D eigenvalue weighted by atomic mass is 9.72. The number of rotatable bonds is 2. The summed E-state index contributed by atoms with van der Waals surface area (Å²) in [5, 5.41) is 10.8. The first-order valence-corrected chi connectivity index (χ1v) is 8.13. The zero-order valence-electron chi connectivity index (χ0n) is 13.1. The minimum Gasteiger partial charge on any atom is -0.481 e. The maximum absolute atomic E-state index is 11.5. The molecule has 1 aliphatic heterocycles. The van der Waals surface area contributed by atoms with Crippen molar-refractivity contribution in [1.29, 1.82) is 0 Å². The number of carboxylic acid groups (broad SMARTS) is 1.